The van der Waals surface area contributed by atoms with Crippen LogP contribution in [0.4, 0.5) is 0 Å². The van der Waals surface area contributed by atoms with E-state index in [0.717, 1.165) is 11.1 Å². The molecular formula is C22H22O3. The van der Waals surface area contributed by atoms with Crippen molar-refractivity contribution in [1.82, 2.24) is 0 Å². The molecule has 2 aromatic carbocycles. The number of esters is 1. The summed E-state index contributed by atoms with van der Waals surface area (Å²) in [4.78, 5) is 23.7. The minimum atomic E-state index is -0.400. The molecule has 0 amide bonds. The van der Waals surface area contributed by atoms with Crippen LogP contribution in [0.2, 0.25) is 0 Å². The van der Waals surface area contributed by atoms with Crippen LogP contribution in [0.25, 0.3) is 12.2 Å². The van der Waals surface area contributed by atoms with E-state index in [1.54, 1.807) is 18.2 Å². The molecule has 0 aromatic heterocycles. The van der Waals surface area contributed by atoms with Gasteiger partial charge in [0.15, 0.2) is 5.78 Å². The first-order chi connectivity index (χ1) is 12.1. The van der Waals surface area contributed by atoms with Gasteiger partial charge in [0.05, 0.1) is 6.61 Å². The molecule has 2 rings (SSSR count). The summed E-state index contributed by atoms with van der Waals surface area (Å²) in [6.07, 6.45) is 6.82. The fraction of sp³-hybridized carbons (Fsp3) is 0.182. The van der Waals surface area contributed by atoms with Crippen molar-refractivity contribution in [2.75, 3.05) is 6.61 Å². The van der Waals surface area contributed by atoms with E-state index in [9.17, 15) is 9.59 Å². The van der Waals surface area contributed by atoms with Gasteiger partial charge in [0, 0.05) is 12.5 Å². The maximum absolute atomic E-state index is 11.9. The van der Waals surface area contributed by atoms with Gasteiger partial charge in [0.25, 0.3) is 0 Å². The summed E-state index contributed by atoms with van der Waals surface area (Å²) in [5.74, 6) is -0.405. The van der Waals surface area contributed by atoms with Gasteiger partial charge in [-0.05, 0) is 29.2 Å². The summed E-state index contributed by atoms with van der Waals surface area (Å²) in [6, 6.07) is 19.2. The minimum absolute atomic E-state index is 0.0206. The number of carbonyl (C=O) groups is 2. The summed E-state index contributed by atoms with van der Waals surface area (Å²) < 4.78 is 5.19. The number of hydrogen-bond donors (Lipinski definition) is 0. The summed E-state index contributed by atoms with van der Waals surface area (Å²) in [7, 11) is 0. The molecule has 0 spiro atoms. The maximum Gasteiger partial charge on any atom is 0.330 e. The van der Waals surface area contributed by atoms with Gasteiger partial charge in [-0.2, -0.15) is 0 Å². The third kappa shape index (κ3) is 7.44. The van der Waals surface area contributed by atoms with Crippen LogP contribution in [0.3, 0.4) is 0 Å². The molecule has 3 heteroatoms. The summed E-state index contributed by atoms with van der Waals surface area (Å²) in [5, 5.41) is 0. The van der Waals surface area contributed by atoms with Crippen molar-refractivity contribution in [3.63, 3.8) is 0 Å². The lowest BCUT2D eigenvalue weighted by atomic mass is 10.0. The zero-order valence-electron chi connectivity index (χ0n) is 14.3. The standard InChI is InChI=1S/C22H22O3/c1-18(16-21(23)14-12-19-8-4-2-5-9-19)17-25-22(24)15-13-20-10-6-3-7-11-20/h2-15,18H,16-17H2,1H3/b14-12+,15-13+. The third-order valence-electron chi connectivity index (χ3n) is 3.53. The molecule has 128 valence electrons. The van der Waals surface area contributed by atoms with Crippen LogP contribution in [0.1, 0.15) is 24.5 Å². The number of hydrogen-bond acceptors (Lipinski definition) is 3. The van der Waals surface area contributed by atoms with Crippen LogP contribution in [-0.2, 0) is 14.3 Å². The van der Waals surface area contributed by atoms with Crippen LogP contribution in [0.15, 0.2) is 72.8 Å². The molecule has 25 heavy (non-hydrogen) atoms. The normalized spacial score (nSPS) is 12.4. The zero-order valence-corrected chi connectivity index (χ0v) is 14.3. The lowest BCUT2D eigenvalue weighted by Crippen LogP contribution is -2.13. The van der Waals surface area contributed by atoms with Crippen molar-refractivity contribution in [2.24, 2.45) is 5.92 Å². The largest absolute Gasteiger partial charge is 0.462 e. The number of benzene rings is 2. The minimum Gasteiger partial charge on any atom is -0.462 e. The molecule has 0 radical (unpaired) electrons. The van der Waals surface area contributed by atoms with Gasteiger partial charge >= 0.3 is 5.97 Å². The van der Waals surface area contributed by atoms with E-state index in [2.05, 4.69) is 0 Å². The Bertz CT molecular complexity index is 730. The molecule has 0 aliphatic heterocycles. The Hall–Kier alpha value is -2.94. The van der Waals surface area contributed by atoms with Crippen LogP contribution >= 0.6 is 0 Å². The van der Waals surface area contributed by atoms with E-state index in [-0.39, 0.29) is 18.3 Å². The Balaban J connectivity index is 1.71. The molecule has 0 aliphatic carbocycles. The quantitative estimate of drug-likeness (QED) is 0.525. The smallest absolute Gasteiger partial charge is 0.330 e. The third-order valence-corrected chi connectivity index (χ3v) is 3.53. The fourth-order valence-electron chi connectivity index (χ4n) is 2.22. The molecule has 0 bridgehead atoms. The van der Waals surface area contributed by atoms with E-state index in [0.29, 0.717) is 6.42 Å². The van der Waals surface area contributed by atoms with Gasteiger partial charge < -0.3 is 4.74 Å². The molecule has 2 aromatic rings. The van der Waals surface area contributed by atoms with Crippen molar-refractivity contribution in [3.8, 4) is 0 Å². The molecule has 1 atom stereocenters. The predicted octanol–water partition coefficient (Wildman–Crippen LogP) is 4.55. The van der Waals surface area contributed by atoms with E-state index < -0.39 is 5.97 Å². The van der Waals surface area contributed by atoms with Gasteiger partial charge in [0.1, 0.15) is 0 Å². The molecular weight excluding hydrogens is 312 g/mol. The second-order valence-electron chi connectivity index (χ2n) is 5.89. The average Bonchev–Trinajstić information content (AvgIpc) is 2.65. The van der Waals surface area contributed by atoms with E-state index in [1.807, 2.05) is 67.6 Å². The van der Waals surface area contributed by atoms with Gasteiger partial charge in [-0.15, -0.1) is 0 Å². The molecule has 0 aliphatic rings. The molecule has 0 N–H and O–H groups in total. The summed E-state index contributed by atoms with van der Waals surface area (Å²) in [5.41, 5.74) is 1.93. The van der Waals surface area contributed by atoms with Crippen molar-refractivity contribution in [3.05, 3.63) is 83.9 Å². The SMILES string of the molecule is CC(COC(=O)/C=C/c1ccccc1)CC(=O)/C=C/c1ccccc1. The second-order valence-corrected chi connectivity index (χ2v) is 5.89. The van der Waals surface area contributed by atoms with Crippen LogP contribution in [0, 0.1) is 5.92 Å². The van der Waals surface area contributed by atoms with Crippen molar-refractivity contribution >= 4 is 23.9 Å². The highest BCUT2D eigenvalue weighted by Gasteiger charge is 2.09. The lowest BCUT2D eigenvalue weighted by Gasteiger charge is -2.09. The summed E-state index contributed by atoms with van der Waals surface area (Å²) in [6.45, 7) is 2.12. The molecule has 0 heterocycles. The Labute approximate surface area is 148 Å². The maximum atomic E-state index is 11.9. The van der Waals surface area contributed by atoms with Crippen molar-refractivity contribution < 1.29 is 14.3 Å². The number of allylic oxidation sites excluding steroid dienone is 1. The van der Waals surface area contributed by atoms with Crippen LogP contribution < -0.4 is 0 Å². The highest BCUT2D eigenvalue weighted by molar-refractivity contribution is 5.93. The predicted molar refractivity (Wildman–Crippen MR) is 101 cm³/mol. The monoisotopic (exact) mass is 334 g/mol. The number of ketones is 1. The van der Waals surface area contributed by atoms with E-state index in [4.69, 9.17) is 4.74 Å². The molecule has 3 nitrogen and oxygen atoms in total. The first kappa shape index (κ1) is 18.4. The summed E-state index contributed by atoms with van der Waals surface area (Å²) >= 11 is 0. The Morgan fingerprint density at radius 3 is 1.96 bits per heavy atom. The molecule has 0 saturated heterocycles. The Morgan fingerprint density at radius 2 is 1.40 bits per heavy atom. The van der Waals surface area contributed by atoms with Gasteiger partial charge in [-0.3, -0.25) is 4.79 Å². The van der Waals surface area contributed by atoms with Crippen molar-refractivity contribution in [2.45, 2.75) is 13.3 Å². The zero-order chi connectivity index (χ0) is 17.9. The fourth-order valence-corrected chi connectivity index (χ4v) is 2.22. The first-order valence-electron chi connectivity index (χ1n) is 8.29. The van der Waals surface area contributed by atoms with Gasteiger partial charge in [0.2, 0.25) is 0 Å². The highest BCUT2D eigenvalue weighted by atomic mass is 16.5. The second kappa shape index (κ2) is 10.0. The Morgan fingerprint density at radius 1 is 0.880 bits per heavy atom. The molecule has 0 saturated carbocycles. The van der Waals surface area contributed by atoms with Crippen LogP contribution in [-0.4, -0.2) is 18.4 Å². The Kier molecular flexibility index (Phi) is 7.39. The molecule has 0 fully saturated rings. The topological polar surface area (TPSA) is 43.4 Å². The average molecular weight is 334 g/mol. The van der Waals surface area contributed by atoms with E-state index in [1.165, 1.54) is 6.08 Å². The number of rotatable bonds is 8. The van der Waals surface area contributed by atoms with Gasteiger partial charge in [-0.25, -0.2) is 4.79 Å². The van der Waals surface area contributed by atoms with E-state index >= 15 is 0 Å². The van der Waals surface area contributed by atoms with Gasteiger partial charge in [-0.1, -0.05) is 73.7 Å². The lowest BCUT2D eigenvalue weighted by molar-refractivity contribution is -0.139. The molecule has 1 unspecified atom stereocenters. The number of ether oxygens (including phenoxy) is 1. The van der Waals surface area contributed by atoms with Crippen LogP contribution in [0.5, 0.6) is 0 Å². The number of carbonyl (C=O) groups excluding carboxylic acids is 2. The first-order valence-corrected chi connectivity index (χ1v) is 8.29. The highest BCUT2D eigenvalue weighted by Crippen LogP contribution is 2.08. The van der Waals surface area contributed by atoms with Crippen molar-refractivity contribution in [1.29, 1.82) is 0 Å².